The highest BCUT2D eigenvalue weighted by Crippen LogP contribution is 2.28. The molecular weight excluding hydrogens is 423 g/mol. The number of benzene rings is 3. The molecule has 0 saturated carbocycles. The Bertz CT molecular complexity index is 1340. The van der Waals surface area contributed by atoms with E-state index in [9.17, 15) is 14.0 Å². The summed E-state index contributed by atoms with van der Waals surface area (Å²) in [5.41, 5.74) is 5.50. The van der Waals surface area contributed by atoms with Crippen LogP contribution in [0.15, 0.2) is 60.7 Å². The van der Waals surface area contributed by atoms with Crippen LogP contribution in [0.25, 0.3) is 22.0 Å². The zero-order valence-corrected chi connectivity index (χ0v) is 18.2. The van der Waals surface area contributed by atoms with Gasteiger partial charge in [0, 0.05) is 23.2 Å². The largest absolute Gasteiger partial charge is 0.511 e. The number of carbonyl (C=O) groups excluding carboxylic acids is 1. The Hall–Kier alpha value is -4.13. The number of aromatic nitrogens is 1. The lowest BCUT2D eigenvalue weighted by Gasteiger charge is -2.08. The SMILES string of the molecule is Cc1[nH]c2c(F)ccc(C)c2c1CCNC(=O)c1ccc(-c2cccc(OC(=O)O)c2)cc1. The molecule has 0 atom stereocenters. The van der Waals surface area contributed by atoms with E-state index < -0.39 is 6.16 Å². The van der Waals surface area contributed by atoms with E-state index in [-0.39, 0.29) is 17.5 Å². The highest BCUT2D eigenvalue weighted by molar-refractivity contribution is 5.95. The van der Waals surface area contributed by atoms with Gasteiger partial charge in [0.1, 0.15) is 11.6 Å². The monoisotopic (exact) mass is 446 g/mol. The molecule has 3 aromatic carbocycles. The second kappa shape index (κ2) is 9.16. The van der Waals surface area contributed by atoms with Crippen molar-refractivity contribution in [2.24, 2.45) is 0 Å². The number of carbonyl (C=O) groups is 2. The topological polar surface area (TPSA) is 91.4 Å². The van der Waals surface area contributed by atoms with Gasteiger partial charge in [-0.15, -0.1) is 0 Å². The van der Waals surface area contributed by atoms with E-state index in [4.69, 9.17) is 9.84 Å². The molecule has 6 nitrogen and oxygen atoms in total. The second-order valence-corrected chi connectivity index (χ2v) is 7.82. The van der Waals surface area contributed by atoms with Crippen LogP contribution in [-0.4, -0.2) is 28.7 Å². The van der Waals surface area contributed by atoms with Gasteiger partial charge in [-0.1, -0.05) is 30.3 Å². The van der Waals surface area contributed by atoms with Crippen molar-refractivity contribution in [2.75, 3.05) is 6.54 Å². The van der Waals surface area contributed by atoms with E-state index in [0.29, 0.717) is 24.0 Å². The zero-order chi connectivity index (χ0) is 23.5. The van der Waals surface area contributed by atoms with Gasteiger partial charge in [0.15, 0.2) is 0 Å². The zero-order valence-electron chi connectivity index (χ0n) is 18.2. The highest BCUT2D eigenvalue weighted by Gasteiger charge is 2.14. The maximum atomic E-state index is 14.1. The third kappa shape index (κ3) is 4.72. The van der Waals surface area contributed by atoms with E-state index in [1.54, 1.807) is 48.5 Å². The van der Waals surface area contributed by atoms with Crippen LogP contribution in [0.2, 0.25) is 0 Å². The lowest BCUT2D eigenvalue weighted by Crippen LogP contribution is -2.25. The van der Waals surface area contributed by atoms with Gasteiger partial charge < -0.3 is 20.1 Å². The molecule has 0 aliphatic carbocycles. The average molecular weight is 446 g/mol. The molecule has 3 N–H and O–H groups in total. The van der Waals surface area contributed by atoms with Gasteiger partial charge in [0.25, 0.3) is 5.91 Å². The predicted octanol–water partition coefficient (Wildman–Crippen LogP) is 5.62. The van der Waals surface area contributed by atoms with Gasteiger partial charge in [-0.2, -0.15) is 0 Å². The maximum absolute atomic E-state index is 14.1. The van der Waals surface area contributed by atoms with Crippen LogP contribution in [0.1, 0.15) is 27.2 Å². The molecule has 0 aliphatic heterocycles. The smallest absolute Gasteiger partial charge is 0.449 e. The van der Waals surface area contributed by atoms with Crippen LogP contribution in [-0.2, 0) is 6.42 Å². The normalized spacial score (nSPS) is 10.9. The third-order valence-corrected chi connectivity index (χ3v) is 5.61. The lowest BCUT2D eigenvalue weighted by atomic mass is 10.0. The minimum atomic E-state index is -1.37. The summed E-state index contributed by atoms with van der Waals surface area (Å²) in [5.74, 6) is -0.261. The predicted molar refractivity (Wildman–Crippen MR) is 124 cm³/mol. The van der Waals surface area contributed by atoms with Crippen LogP contribution >= 0.6 is 0 Å². The quantitative estimate of drug-likeness (QED) is 0.265. The fraction of sp³-hybridized carbons (Fsp3) is 0.154. The number of amides is 1. The first-order valence-corrected chi connectivity index (χ1v) is 10.5. The summed E-state index contributed by atoms with van der Waals surface area (Å²) < 4.78 is 18.8. The number of H-pyrrole nitrogens is 1. The van der Waals surface area contributed by atoms with Crippen LogP contribution in [0.3, 0.4) is 0 Å². The molecular formula is C26H23FN2O4. The van der Waals surface area contributed by atoms with Crippen molar-refractivity contribution in [3.63, 3.8) is 0 Å². The highest BCUT2D eigenvalue weighted by atomic mass is 19.1. The Labute approximate surface area is 190 Å². The fourth-order valence-electron chi connectivity index (χ4n) is 4.01. The molecule has 4 aromatic rings. The number of hydrogen-bond donors (Lipinski definition) is 3. The van der Waals surface area contributed by atoms with Gasteiger partial charge in [-0.05, 0) is 72.9 Å². The minimum absolute atomic E-state index is 0.204. The number of hydrogen-bond acceptors (Lipinski definition) is 3. The molecule has 0 spiro atoms. The van der Waals surface area contributed by atoms with Crippen molar-refractivity contribution in [2.45, 2.75) is 20.3 Å². The first kappa shape index (κ1) is 22.1. The molecule has 7 heteroatoms. The van der Waals surface area contributed by atoms with E-state index in [2.05, 4.69) is 10.3 Å². The van der Waals surface area contributed by atoms with E-state index >= 15 is 0 Å². The van der Waals surface area contributed by atoms with Crippen molar-refractivity contribution >= 4 is 23.0 Å². The molecule has 4 rings (SSSR count). The molecule has 0 radical (unpaired) electrons. The summed E-state index contributed by atoms with van der Waals surface area (Å²) in [6, 6.07) is 17.0. The molecule has 0 unspecified atom stereocenters. The first-order valence-electron chi connectivity index (χ1n) is 10.5. The standard InChI is InChI=1S/C26H23FN2O4/c1-15-6-11-22(27)24-23(15)21(16(2)29-24)12-13-28-25(30)18-9-7-17(8-10-18)19-4-3-5-20(14-19)33-26(31)32/h3-11,14,29H,12-13H2,1-2H3,(H,28,30)(H,31,32). The molecule has 0 aliphatic rings. The Balaban J connectivity index is 1.42. The van der Waals surface area contributed by atoms with Crippen molar-refractivity contribution < 1.29 is 23.8 Å². The molecule has 0 fully saturated rings. The Morgan fingerprint density at radius 1 is 1.03 bits per heavy atom. The van der Waals surface area contributed by atoms with Crippen LogP contribution in [0.5, 0.6) is 5.75 Å². The number of aromatic amines is 1. The van der Waals surface area contributed by atoms with Crippen molar-refractivity contribution in [1.82, 2.24) is 10.3 Å². The molecule has 1 aromatic heterocycles. The van der Waals surface area contributed by atoms with Crippen LogP contribution in [0, 0.1) is 19.7 Å². The Morgan fingerprint density at radius 2 is 1.79 bits per heavy atom. The van der Waals surface area contributed by atoms with Crippen molar-refractivity contribution in [3.8, 4) is 16.9 Å². The fourth-order valence-corrected chi connectivity index (χ4v) is 4.01. The molecule has 168 valence electrons. The minimum Gasteiger partial charge on any atom is -0.449 e. The van der Waals surface area contributed by atoms with E-state index in [0.717, 1.165) is 33.3 Å². The first-order chi connectivity index (χ1) is 15.8. The summed E-state index contributed by atoms with van der Waals surface area (Å²) in [4.78, 5) is 26.4. The van der Waals surface area contributed by atoms with Gasteiger partial charge in [-0.25, -0.2) is 9.18 Å². The molecule has 33 heavy (non-hydrogen) atoms. The van der Waals surface area contributed by atoms with Gasteiger partial charge in [0.2, 0.25) is 0 Å². The summed E-state index contributed by atoms with van der Waals surface area (Å²) in [6.45, 7) is 4.27. The van der Waals surface area contributed by atoms with E-state index in [1.807, 2.05) is 19.9 Å². The number of ether oxygens (including phenoxy) is 1. The Morgan fingerprint density at radius 3 is 2.52 bits per heavy atom. The molecule has 0 saturated heterocycles. The number of aryl methyl sites for hydroxylation is 2. The number of carboxylic acid groups (broad SMARTS) is 1. The van der Waals surface area contributed by atoms with Crippen molar-refractivity contribution in [1.29, 1.82) is 0 Å². The van der Waals surface area contributed by atoms with Gasteiger partial charge in [-0.3, -0.25) is 4.79 Å². The number of fused-ring (bicyclic) bond motifs is 1. The number of nitrogens with one attached hydrogen (secondary N) is 2. The third-order valence-electron chi connectivity index (χ3n) is 5.61. The average Bonchev–Trinajstić information content (AvgIpc) is 3.13. The van der Waals surface area contributed by atoms with E-state index in [1.165, 1.54) is 6.07 Å². The van der Waals surface area contributed by atoms with Crippen LogP contribution < -0.4 is 10.1 Å². The second-order valence-electron chi connectivity index (χ2n) is 7.82. The number of rotatable bonds is 6. The maximum Gasteiger partial charge on any atom is 0.511 e. The summed E-state index contributed by atoms with van der Waals surface area (Å²) in [7, 11) is 0. The molecule has 1 amide bonds. The number of halogens is 1. The molecule has 1 heterocycles. The summed E-state index contributed by atoms with van der Waals surface area (Å²) >= 11 is 0. The molecule has 0 bridgehead atoms. The Kier molecular flexibility index (Phi) is 6.13. The summed E-state index contributed by atoms with van der Waals surface area (Å²) in [5, 5.41) is 12.6. The van der Waals surface area contributed by atoms with Crippen molar-refractivity contribution in [3.05, 3.63) is 88.9 Å². The van der Waals surface area contributed by atoms with Gasteiger partial charge in [0.05, 0.1) is 5.52 Å². The lowest BCUT2D eigenvalue weighted by molar-refractivity contribution is 0.0954. The summed E-state index contributed by atoms with van der Waals surface area (Å²) in [6.07, 6.45) is -0.793. The van der Waals surface area contributed by atoms with Gasteiger partial charge >= 0.3 is 6.16 Å². The van der Waals surface area contributed by atoms with Crippen LogP contribution in [0.4, 0.5) is 9.18 Å².